The van der Waals surface area contributed by atoms with Crippen molar-refractivity contribution in [2.75, 3.05) is 27.3 Å². The fraction of sp³-hybridized carbons (Fsp3) is 0.348. The average molecular weight is 443 g/mol. The van der Waals surface area contributed by atoms with Gasteiger partial charge in [-0.05, 0) is 48.7 Å². The number of hydrogen-bond donors (Lipinski definition) is 2. The van der Waals surface area contributed by atoms with E-state index in [0.717, 1.165) is 16.0 Å². The lowest BCUT2D eigenvalue weighted by Gasteiger charge is -2.22. The average Bonchev–Trinajstić information content (AvgIpc) is 2.97. The summed E-state index contributed by atoms with van der Waals surface area (Å²) >= 11 is 0. The molecule has 0 bridgehead atoms. The van der Waals surface area contributed by atoms with Crippen molar-refractivity contribution in [2.24, 2.45) is 0 Å². The molecule has 170 valence electrons. The number of hydrogen-bond acceptors (Lipinski definition) is 5. The lowest BCUT2D eigenvalue weighted by atomic mass is 9.92. The number of halogens is 1. The van der Waals surface area contributed by atoms with Crippen molar-refractivity contribution < 1.29 is 28.2 Å². The van der Waals surface area contributed by atoms with Crippen LogP contribution in [0, 0.1) is 5.82 Å². The van der Waals surface area contributed by atoms with Gasteiger partial charge in [-0.2, -0.15) is 0 Å². The molecule has 8 nitrogen and oxygen atoms in total. The SMILES string of the molecule is COc1ccc(C[C@@]2(C)NC(=O)N(CC(=O)NCCc3ccc(F)cc3)C2=O)cc1OC. The van der Waals surface area contributed by atoms with Crippen LogP contribution in [0.5, 0.6) is 11.5 Å². The van der Waals surface area contributed by atoms with E-state index in [2.05, 4.69) is 10.6 Å². The van der Waals surface area contributed by atoms with E-state index in [-0.39, 0.29) is 18.8 Å². The van der Waals surface area contributed by atoms with Crippen molar-refractivity contribution in [1.29, 1.82) is 0 Å². The van der Waals surface area contributed by atoms with Crippen LogP contribution in [-0.4, -0.2) is 55.6 Å². The molecule has 0 aliphatic carbocycles. The number of carbonyl (C=O) groups is 3. The second kappa shape index (κ2) is 9.67. The van der Waals surface area contributed by atoms with Crippen LogP contribution >= 0.6 is 0 Å². The summed E-state index contributed by atoms with van der Waals surface area (Å²) in [5.41, 5.74) is 0.444. The molecular formula is C23H26FN3O5. The molecule has 2 N–H and O–H groups in total. The van der Waals surface area contributed by atoms with E-state index in [1.165, 1.54) is 26.4 Å². The summed E-state index contributed by atoms with van der Waals surface area (Å²) < 4.78 is 23.5. The molecule has 0 saturated carbocycles. The topological polar surface area (TPSA) is 97.0 Å². The molecule has 0 spiro atoms. The molecule has 0 radical (unpaired) electrons. The van der Waals surface area contributed by atoms with E-state index in [1.807, 2.05) is 0 Å². The van der Waals surface area contributed by atoms with Gasteiger partial charge in [0, 0.05) is 13.0 Å². The normalized spacial score (nSPS) is 17.8. The molecule has 1 heterocycles. The van der Waals surface area contributed by atoms with Crippen molar-refractivity contribution in [1.82, 2.24) is 15.5 Å². The molecule has 9 heteroatoms. The maximum atomic E-state index is 13.0. The van der Waals surface area contributed by atoms with Crippen molar-refractivity contribution in [3.05, 3.63) is 59.4 Å². The Balaban J connectivity index is 1.58. The lowest BCUT2D eigenvalue weighted by Crippen LogP contribution is -2.47. The van der Waals surface area contributed by atoms with Gasteiger partial charge in [-0.25, -0.2) is 9.18 Å². The number of nitrogens with zero attached hydrogens (tertiary/aromatic N) is 1. The standard InChI is InChI=1S/C23H26FN3O5/c1-23(13-16-6-9-18(31-2)19(12-16)32-3)21(29)27(22(30)26-23)14-20(28)25-11-10-15-4-7-17(24)8-5-15/h4-9,12H,10-11,13-14H2,1-3H3,(H,25,28)(H,26,30)/t23-/m1/s1. The van der Waals surface area contributed by atoms with Gasteiger partial charge in [0.2, 0.25) is 5.91 Å². The van der Waals surface area contributed by atoms with Gasteiger partial charge in [0.25, 0.3) is 5.91 Å². The highest BCUT2D eigenvalue weighted by Gasteiger charge is 2.48. The molecule has 2 aromatic carbocycles. The van der Waals surface area contributed by atoms with Gasteiger partial charge in [-0.1, -0.05) is 18.2 Å². The largest absolute Gasteiger partial charge is 0.493 e. The van der Waals surface area contributed by atoms with Gasteiger partial charge >= 0.3 is 6.03 Å². The van der Waals surface area contributed by atoms with Crippen molar-refractivity contribution in [3.8, 4) is 11.5 Å². The monoisotopic (exact) mass is 443 g/mol. The third-order valence-corrected chi connectivity index (χ3v) is 5.30. The molecule has 0 unspecified atom stereocenters. The Labute approximate surface area is 185 Å². The molecule has 0 aromatic heterocycles. The number of imide groups is 1. The van der Waals surface area contributed by atoms with Gasteiger partial charge in [-0.15, -0.1) is 0 Å². The first-order valence-electron chi connectivity index (χ1n) is 10.1. The van der Waals surface area contributed by atoms with Gasteiger partial charge in [-0.3, -0.25) is 14.5 Å². The van der Waals surface area contributed by atoms with Crippen LogP contribution in [-0.2, 0) is 22.4 Å². The van der Waals surface area contributed by atoms with E-state index in [1.54, 1.807) is 37.3 Å². The Morgan fingerprint density at radius 1 is 1.06 bits per heavy atom. The summed E-state index contributed by atoms with van der Waals surface area (Å²) in [6, 6.07) is 10.6. The van der Waals surface area contributed by atoms with Crippen molar-refractivity contribution in [2.45, 2.75) is 25.3 Å². The predicted molar refractivity (Wildman–Crippen MR) is 115 cm³/mol. The van der Waals surface area contributed by atoms with E-state index >= 15 is 0 Å². The van der Waals surface area contributed by atoms with Crippen molar-refractivity contribution in [3.63, 3.8) is 0 Å². The zero-order valence-corrected chi connectivity index (χ0v) is 18.2. The summed E-state index contributed by atoms with van der Waals surface area (Å²) in [4.78, 5) is 38.6. The van der Waals surface area contributed by atoms with E-state index < -0.39 is 23.4 Å². The van der Waals surface area contributed by atoms with Crippen LogP contribution in [0.4, 0.5) is 9.18 Å². The third kappa shape index (κ3) is 5.16. The molecule has 1 saturated heterocycles. The van der Waals surface area contributed by atoms with Gasteiger partial charge in [0.15, 0.2) is 11.5 Å². The summed E-state index contributed by atoms with van der Waals surface area (Å²) in [6.45, 7) is 1.54. The van der Waals surface area contributed by atoms with Gasteiger partial charge in [0.1, 0.15) is 17.9 Å². The molecule has 32 heavy (non-hydrogen) atoms. The number of nitrogens with one attached hydrogen (secondary N) is 2. The van der Waals surface area contributed by atoms with Crippen LogP contribution in [0.1, 0.15) is 18.1 Å². The molecule has 1 aliphatic heterocycles. The smallest absolute Gasteiger partial charge is 0.325 e. The number of benzene rings is 2. The molecular weight excluding hydrogens is 417 g/mol. The zero-order valence-electron chi connectivity index (χ0n) is 18.2. The Bertz CT molecular complexity index is 1010. The number of carbonyl (C=O) groups excluding carboxylic acids is 3. The first kappa shape index (κ1) is 23.1. The molecule has 1 atom stereocenters. The summed E-state index contributed by atoms with van der Waals surface area (Å²) in [5, 5.41) is 5.37. The first-order valence-corrected chi connectivity index (χ1v) is 10.1. The fourth-order valence-electron chi connectivity index (χ4n) is 3.61. The first-order chi connectivity index (χ1) is 15.3. The van der Waals surface area contributed by atoms with Gasteiger partial charge < -0.3 is 20.1 Å². The van der Waals surface area contributed by atoms with Crippen LogP contribution < -0.4 is 20.1 Å². The molecule has 4 amide bonds. The maximum Gasteiger partial charge on any atom is 0.325 e. The minimum atomic E-state index is -1.19. The van der Waals surface area contributed by atoms with E-state index in [0.29, 0.717) is 24.5 Å². The predicted octanol–water partition coefficient (Wildman–Crippen LogP) is 2.05. The Kier molecular flexibility index (Phi) is 6.97. The minimum Gasteiger partial charge on any atom is -0.493 e. The van der Waals surface area contributed by atoms with Crippen LogP contribution in [0.15, 0.2) is 42.5 Å². The number of ether oxygens (including phenoxy) is 2. The van der Waals surface area contributed by atoms with Gasteiger partial charge in [0.05, 0.1) is 14.2 Å². The third-order valence-electron chi connectivity index (χ3n) is 5.30. The summed E-state index contributed by atoms with van der Waals surface area (Å²) in [5.74, 6) is -0.186. The highest BCUT2D eigenvalue weighted by Crippen LogP contribution is 2.30. The molecule has 1 fully saturated rings. The Morgan fingerprint density at radius 3 is 2.38 bits per heavy atom. The molecule has 3 rings (SSSR count). The summed E-state index contributed by atoms with van der Waals surface area (Å²) in [7, 11) is 3.05. The molecule has 2 aromatic rings. The van der Waals surface area contributed by atoms with E-state index in [9.17, 15) is 18.8 Å². The number of rotatable bonds is 9. The Morgan fingerprint density at radius 2 is 1.72 bits per heavy atom. The zero-order chi connectivity index (χ0) is 23.3. The minimum absolute atomic E-state index is 0.223. The maximum absolute atomic E-state index is 13.0. The number of methoxy groups -OCH3 is 2. The number of urea groups is 1. The quantitative estimate of drug-likeness (QED) is 0.579. The van der Waals surface area contributed by atoms with Crippen LogP contribution in [0.3, 0.4) is 0 Å². The van der Waals surface area contributed by atoms with E-state index in [4.69, 9.17) is 9.47 Å². The summed E-state index contributed by atoms with van der Waals surface area (Å²) in [6.07, 6.45) is 0.726. The van der Waals surface area contributed by atoms with Crippen molar-refractivity contribution >= 4 is 17.8 Å². The second-order valence-electron chi connectivity index (χ2n) is 7.75. The molecule has 1 aliphatic rings. The fourth-order valence-corrected chi connectivity index (χ4v) is 3.61. The number of amides is 4. The lowest BCUT2D eigenvalue weighted by molar-refractivity contribution is -0.134. The van der Waals surface area contributed by atoms with Crippen LogP contribution in [0.25, 0.3) is 0 Å². The second-order valence-corrected chi connectivity index (χ2v) is 7.75. The van der Waals surface area contributed by atoms with Crippen LogP contribution in [0.2, 0.25) is 0 Å². The highest BCUT2D eigenvalue weighted by molar-refractivity contribution is 6.08. The highest BCUT2D eigenvalue weighted by atomic mass is 19.1. The Hall–Kier alpha value is -3.62.